The van der Waals surface area contributed by atoms with Crippen LogP contribution in [0.15, 0.2) is 35.9 Å². The molecule has 11 nitrogen and oxygen atoms in total. The van der Waals surface area contributed by atoms with Crippen molar-refractivity contribution >= 4 is 21.7 Å². The zero-order valence-corrected chi connectivity index (χ0v) is 24.0. The average molecular weight is 586 g/mol. The Kier molecular flexibility index (Phi) is 11.1. The van der Waals surface area contributed by atoms with Crippen molar-refractivity contribution in [1.82, 2.24) is 0 Å². The number of unbranched alkanes of at least 4 members (excludes halogenated alkanes) is 4. The number of nitrogens with one attached hydrogen (secondary N) is 1. The van der Waals surface area contributed by atoms with E-state index in [1.165, 1.54) is 0 Å². The number of carbonyl (C=O) groups is 1. The van der Waals surface area contributed by atoms with E-state index in [9.17, 15) is 38.7 Å². The lowest BCUT2D eigenvalue weighted by Crippen LogP contribution is -2.56. The van der Waals surface area contributed by atoms with Crippen molar-refractivity contribution in [3.05, 3.63) is 41.5 Å². The summed E-state index contributed by atoms with van der Waals surface area (Å²) in [5.41, 5.74) is -0.918. The van der Waals surface area contributed by atoms with Gasteiger partial charge in [-0.3, -0.25) is 4.72 Å². The van der Waals surface area contributed by atoms with E-state index in [0.29, 0.717) is 12.1 Å². The van der Waals surface area contributed by atoms with Crippen LogP contribution in [0.25, 0.3) is 0 Å². The first kappa shape index (κ1) is 32.5. The highest BCUT2D eigenvalue weighted by atomic mass is 32.2. The Balaban J connectivity index is 1.90. The minimum atomic E-state index is -4.22. The first-order valence-corrected chi connectivity index (χ1v) is 15.5. The Morgan fingerprint density at radius 2 is 1.80 bits per heavy atom. The van der Waals surface area contributed by atoms with Crippen LogP contribution >= 0.6 is 0 Å². The van der Waals surface area contributed by atoms with Crippen LogP contribution in [0.2, 0.25) is 0 Å². The lowest BCUT2D eigenvalue weighted by atomic mass is 9.85. The standard InChI is InChI=1S/C28H43NO10S/c1-3-5-6-7-8-11-19-12-9-10-13-21(19)29-40(36,37)23-14-15-27(16-20(23)26(34)35)38-25(22(32)17-30)28(4-2,39-27)24(33)18-31/h9-10,12-13,16,22-25,29-33H,3-8,11,14-15,17-18H2,1-2H3,(H,34,35). The van der Waals surface area contributed by atoms with Crippen LogP contribution in [0.1, 0.15) is 70.8 Å². The number of aliphatic carboxylic acids is 1. The summed E-state index contributed by atoms with van der Waals surface area (Å²) in [7, 11) is -4.22. The second-order valence-electron chi connectivity index (χ2n) is 10.6. The topological polar surface area (TPSA) is 183 Å². The van der Waals surface area contributed by atoms with Gasteiger partial charge in [0.25, 0.3) is 0 Å². The summed E-state index contributed by atoms with van der Waals surface area (Å²) in [6.45, 7) is 2.29. The maximum absolute atomic E-state index is 13.6. The normalized spacial score (nSPS) is 28.3. The van der Waals surface area contributed by atoms with Crippen LogP contribution in [0.3, 0.4) is 0 Å². The molecule has 12 heteroatoms. The first-order valence-electron chi connectivity index (χ1n) is 14.0. The fourth-order valence-electron chi connectivity index (χ4n) is 5.71. The maximum atomic E-state index is 13.6. The second-order valence-corrected chi connectivity index (χ2v) is 12.5. The molecule has 2 aliphatic rings. The quantitative estimate of drug-likeness (QED) is 0.167. The van der Waals surface area contributed by atoms with Crippen molar-refractivity contribution in [1.29, 1.82) is 0 Å². The molecular weight excluding hydrogens is 542 g/mol. The number of hydrogen-bond donors (Lipinski definition) is 6. The van der Waals surface area contributed by atoms with Gasteiger partial charge in [-0.25, -0.2) is 13.2 Å². The molecule has 1 spiro atoms. The molecule has 6 N–H and O–H groups in total. The Morgan fingerprint density at radius 1 is 1.10 bits per heavy atom. The van der Waals surface area contributed by atoms with Crippen LogP contribution in [-0.4, -0.2) is 88.1 Å². The van der Waals surface area contributed by atoms with Gasteiger partial charge < -0.3 is 35.0 Å². The van der Waals surface area contributed by atoms with Gasteiger partial charge in [0.1, 0.15) is 29.2 Å². The number of anilines is 1. The lowest BCUT2D eigenvalue weighted by molar-refractivity contribution is -0.189. The highest BCUT2D eigenvalue weighted by Crippen LogP contribution is 2.48. The molecule has 40 heavy (non-hydrogen) atoms. The molecule has 0 radical (unpaired) electrons. The van der Waals surface area contributed by atoms with Gasteiger partial charge in [0.15, 0.2) is 5.79 Å². The third-order valence-corrected chi connectivity index (χ3v) is 9.66. The number of para-hydroxylation sites is 1. The number of aliphatic hydroxyl groups excluding tert-OH is 4. The van der Waals surface area contributed by atoms with Gasteiger partial charge in [-0.1, -0.05) is 57.7 Å². The molecule has 1 saturated heterocycles. The van der Waals surface area contributed by atoms with E-state index in [4.69, 9.17) is 9.47 Å². The molecule has 0 amide bonds. The molecule has 0 saturated carbocycles. The van der Waals surface area contributed by atoms with E-state index in [0.717, 1.165) is 43.7 Å². The van der Waals surface area contributed by atoms with Crippen LogP contribution in [0, 0.1) is 0 Å². The minimum Gasteiger partial charge on any atom is -0.478 e. The second kappa shape index (κ2) is 13.7. The molecule has 1 aliphatic carbocycles. The van der Waals surface area contributed by atoms with Crippen LogP contribution in [-0.2, 0) is 30.7 Å². The summed E-state index contributed by atoms with van der Waals surface area (Å²) in [5.74, 6) is -3.27. The van der Waals surface area contributed by atoms with Crippen molar-refractivity contribution < 1.29 is 48.2 Å². The van der Waals surface area contributed by atoms with E-state index < -0.39 is 69.7 Å². The Labute approximate surface area is 235 Å². The number of ether oxygens (including phenoxy) is 2. The SMILES string of the molecule is CCCCCCCc1ccccc1NS(=O)(=O)C1CCC2(C=C1C(=O)O)OC(C(O)CO)C(CC)(C(O)CO)O2. The number of aliphatic hydroxyl groups is 4. The summed E-state index contributed by atoms with van der Waals surface area (Å²) < 4.78 is 41.8. The smallest absolute Gasteiger partial charge is 0.332 e. The monoisotopic (exact) mass is 585 g/mol. The van der Waals surface area contributed by atoms with Gasteiger partial charge in [-0.05, 0) is 43.4 Å². The van der Waals surface area contributed by atoms with Gasteiger partial charge in [0.2, 0.25) is 10.0 Å². The third-order valence-electron chi connectivity index (χ3n) is 7.91. The van der Waals surface area contributed by atoms with Crippen molar-refractivity contribution in [3.8, 4) is 0 Å². The summed E-state index contributed by atoms with van der Waals surface area (Å²) in [6.07, 6.45) is 2.46. The number of carboxylic acid groups (broad SMARTS) is 1. The lowest BCUT2D eigenvalue weighted by Gasteiger charge is -2.38. The molecule has 1 fully saturated rings. The molecule has 1 aromatic carbocycles. The molecule has 6 unspecified atom stereocenters. The predicted molar refractivity (Wildman–Crippen MR) is 148 cm³/mol. The maximum Gasteiger partial charge on any atom is 0.332 e. The van der Waals surface area contributed by atoms with Gasteiger partial charge in [-0.2, -0.15) is 0 Å². The van der Waals surface area contributed by atoms with Gasteiger partial charge >= 0.3 is 5.97 Å². The predicted octanol–water partition coefficient (Wildman–Crippen LogP) is 2.08. The summed E-state index contributed by atoms with van der Waals surface area (Å²) in [6, 6.07) is 7.05. The Bertz CT molecular complexity index is 1140. The van der Waals surface area contributed by atoms with Crippen molar-refractivity contribution in [2.24, 2.45) is 0 Å². The number of hydrogen-bond acceptors (Lipinski definition) is 9. The summed E-state index contributed by atoms with van der Waals surface area (Å²) in [4.78, 5) is 12.3. The van der Waals surface area contributed by atoms with Gasteiger partial charge in [0.05, 0.1) is 24.5 Å². The molecule has 6 atom stereocenters. The van der Waals surface area contributed by atoms with Gasteiger partial charge in [0, 0.05) is 6.42 Å². The molecule has 226 valence electrons. The summed E-state index contributed by atoms with van der Waals surface area (Å²) in [5, 5.41) is 48.9. The summed E-state index contributed by atoms with van der Waals surface area (Å²) >= 11 is 0. The van der Waals surface area contributed by atoms with Crippen LogP contribution < -0.4 is 4.72 Å². The molecular formula is C28H43NO10S. The third kappa shape index (κ3) is 6.87. The molecule has 3 rings (SSSR count). The number of aryl methyl sites for hydroxylation is 1. The molecule has 0 aromatic heterocycles. The molecule has 0 bridgehead atoms. The van der Waals surface area contributed by atoms with E-state index >= 15 is 0 Å². The van der Waals surface area contributed by atoms with E-state index in [2.05, 4.69) is 11.6 Å². The fraction of sp³-hybridized carbons (Fsp3) is 0.679. The molecule has 1 heterocycles. The van der Waals surface area contributed by atoms with Crippen LogP contribution in [0.5, 0.6) is 0 Å². The fourth-order valence-corrected chi connectivity index (χ4v) is 7.29. The van der Waals surface area contributed by atoms with Crippen molar-refractivity contribution in [2.45, 2.75) is 107 Å². The molecule has 1 aromatic rings. The van der Waals surface area contributed by atoms with E-state index in [-0.39, 0.29) is 19.3 Å². The Hall–Kier alpha value is -2.06. The average Bonchev–Trinajstić information content (AvgIpc) is 3.27. The number of benzene rings is 1. The number of rotatable bonds is 15. The number of sulfonamides is 1. The van der Waals surface area contributed by atoms with E-state index in [1.54, 1.807) is 19.1 Å². The van der Waals surface area contributed by atoms with Crippen molar-refractivity contribution in [2.75, 3.05) is 17.9 Å². The van der Waals surface area contributed by atoms with Gasteiger partial charge in [-0.15, -0.1) is 0 Å². The minimum absolute atomic E-state index is 0.0486. The zero-order chi connectivity index (χ0) is 29.6. The van der Waals surface area contributed by atoms with E-state index in [1.807, 2.05) is 12.1 Å². The molecule has 1 aliphatic heterocycles. The Morgan fingerprint density at radius 3 is 2.42 bits per heavy atom. The largest absolute Gasteiger partial charge is 0.478 e. The van der Waals surface area contributed by atoms with Crippen molar-refractivity contribution in [3.63, 3.8) is 0 Å². The zero-order valence-electron chi connectivity index (χ0n) is 23.2. The first-order chi connectivity index (χ1) is 19.0. The highest BCUT2D eigenvalue weighted by molar-refractivity contribution is 7.93. The van der Waals surface area contributed by atoms with Crippen LogP contribution in [0.4, 0.5) is 5.69 Å². The number of carboxylic acids is 1. The highest BCUT2D eigenvalue weighted by Gasteiger charge is 2.62.